The maximum absolute atomic E-state index is 13.5. The number of aromatic nitrogens is 1. The first-order valence-corrected chi connectivity index (χ1v) is 13.6. The van der Waals surface area contributed by atoms with E-state index in [0.29, 0.717) is 34.7 Å². The first kappa shape index (κ1) is 28.0. The van der Waals surface area contributed by atoms with Gasteiger partial charge in [0.25, 0.3) is 5.78 Å². The van der Waals surface area contributed by atoms with Crippen molar-refractivity contribution in [3.63, 3.8) is 0 Å². The quantitative estimate of drug-likeness (QED) is 0.157. The Hall–Kier alpha value is -3.98. The minimum atomic E-state index is -0.947. The molecule has 1 N–H and O–H groups in total. The van der Waals surface area contributed by atoms with Crippen LogP contribution in [0.25, 0.3) is 5.76 Å². The molecular formula is C30H32N2O6S. The zero-order valence-corrected chi connectivity index (χ0v) is 23.7. The number of thiazole rings is 1. The number of anilines is 1. The molecule has 1 aromatic heterocycles. The zero-order valence-electron chi connectivity index (χ0n) is 22.9. The molecule has 0 spiro atoms. The molecular weight excluding hydrogens is 516 g/mol. The van der Waals surface area contributed by atoms with Gasteiger partial charge in [-0.25, -0.2) is 9.78 Å². The van der Waals surface area contributed by atoms with Gasteiger partial charge in [-0.2, -0.15) is 0 Å². The molecule has 2 heterocycles. The molecule has 0 radical (unpaired) electrons. The predicted molar refractivity (Wildman–Crippen MR) is 150 cm³/mol. The van der Waals surface area contributed by atoms with Crippen LogP contribution in [0.1, 0.15) is 76.8 Å². The Bertz CT molecular complexity index is 1450. The number of carbonyl (C=O) groups is 3. The largest absolute Gasteiger partial charge is 0.507 e. The van der Waals surface area contributed by atoms with Gasteiger partial charge >= 0.3 is 11.9 Å². The Morgan fingerprint density at radius 1 is 1.13 bits per heavy atom. The van der Waals surface area contributed by atoms with E-state index in [1.54, 1.807) is 25.1 Å². The highest BCUT2D eigenvalue weighted by Gasteiger charge is 2.48. The molecule has 2 aromatic carbocycles. The van der Waals surface area contributed by atoms with Gasteiger partial charge in [0.1, 0.15) is 16.4 Å². The normalized spacial score (nSPS) is 16.7. The molecule has 1 fully saturated rings. The van der Waals surface area contributed by atoms with Crippen LogP contribution < -0.4 is 9.64 Å². The molecule has 4 rings (SSSR count). The number of rotatable bonds is 8. The molecule has 0 bridgehead atoms. The Labute approximate surface area is 231 Å². The molecule has 39 heavy (non-hydrogen) atoms. The monoisotopic (exact) mass is 548 g/mol. The Kier molecular flexibility index (Phi) is 8.20. The van der Waals surface area contributed by atoms with E-state index in [1.165, 1.54) is 12.0 Å². The summed E-state index contributed by atoms with van der Waals surface area (Å²) in [6, 6.07) is 11.8. The SMILES string of the molecule is CCCOc1ccc(C(O)=C2C(=O)C(=O)N(c3nc(C)c(C(=O)OC)s3)[C@@H]2c2ccc(C(C)C)cc2)c(C)c1. The van der Waals surface area contributed by atoms with E-state index >= 15 is 0 Å². The second-order valence-corrected chi connectivity index (χ2v) is 10.7. The highest BCUT2D eigenvalue weighted by atomic mass is 32.1. The van der Waals surface area contributed by atoms with Gasteiger partial charge in [0.15, 0.2) is 5.13 Å². The average molecular weight is 549 g/mol. The van der Waals surface area contributed by atoms with E-state index in [0.717, 1.165) is 23.3 Å². The van der Waals surface area contributed by atoms with Crippen LogP contribution in [-0.4, -0.2) is 41.5 Å². The summed E-state index contributed by atoms with van der Waals surface area (Å²) in [6.07, 6.45) is 0.855. The summed E-state index contributed by atoms with van der Waals surface area (Å²) >= 11 is 0.970. The number of amides is 1. The van der Waals surface area contributed by atoms with Crippen LogP contribution >= 0.6 is 11.3 Å². The lowest BCUT2D eigenvalue weighted by Gasteiger charge is -2.23. The van der Waals surface area contributed by atoms with Crippen molar-refractivity contribution >= 4 is 39.9 Å². The van der Waals surface area contributed by atoms with Crippen LogP contribution in [0.2, 0.25) is 0 Å². The first-order chi connectivity index (χ1) is 18.6. The van der Waals surface area contributed by atoms with Gasteiger partial charge in [0.2, 0.25) is 0 Å². The fourth-order valence-corrected chi connectivity index (χ4v) is 5.54. The number of carbonyl (C=O) groups excluding carboxylic acids is 3. The summed E-state index contributed by atoms with van der Waals surface area (Å²) in [4.78, 5) is 45.2. The van der Waals surface area contributed by atoms with Crippen molar-refractivity contribution in [3.8, 4) is 5.75 Å². The third-order valence-corrected chi connectivity index (χ3v) is 7.79. The predicted octanol–water partition coefficient (Wildman–Crippen LogP) is 6.09. The van der Waals surface area contributed by atoms with Crippen LogP contribution in [0.15, 0.2) is 48.0 Å². The lowest BCUT2D eigenvalue weighted by Crippen LogP contribution is -2.29. The van der Waals surface area contributed by atoms with E-state index in [-0.39, 0.29) is 27.3 Å². The number of aliphatic hydroxyl groups is 1. The number of benzene rings is 2. The molecule has 0 aliphatic carbocycles. The molecule has 0 unspecified atom stereocenters. The molecule has 1 saturated heterocycles. The van der Waals surface area contributed by atoms with E-state index in [1.807, 2.05) is 38.1 Å². The molecule has 3 aromatic rings. The molecule has 8 nitrogen and oxygen atoms in total. The molecule has 1 aliphatic heterocycles. The van der Waals surface area contributed by atoms with E-state index in [4.69, 9.17) is 9.47 Å². The Balaban J connectivity index is 1.90. The van der Waals surface area contributed by atoms with Crippen molar-refractivity contribution in [2.45, 2.75) is 53.0 Å². The number of esters is 1. The van der Waals surface area contributed by atoms with Crippen molar-refractivity contribution in [1.29, 1.82) is 0 Å². The number of methoxy groups -OCH3 is 1. The van der Waals surface area contributed by atoms with Gasteiger partial charge in [-0.05, 0) is 61.1 Å². The standard InChI is InChI=1S/C30H32N2O6S/c1-7-14-38-21-12-13-22(17(4)15-21)25(33)23-24(20-10-8-19(9-11-20)16(2)3)32(28(35)26(23)34)30-31-18(5)27(39-30)29(36)37-6/h8-13,15-16,24,33H,7,14H2,1-6H3/t24-/m1/s1. The van der Waals surface area contributed by atoms with Crippen molar-refractivity contribution in [2.24, 2.45) is 0 Å². The summed E-state index contributed by atoms with van der Waals surface area (Å²) in [5.74, 6) is -1.59. The number of nitrogens with zero attached hydrogens (tertiary/aromatic N) is 2. The minimum Gasteiger partial charge on any atom is -0.507 e. The van der Waals surface area contributed by atoms with E-state index in [2.05, 4.69) is 18.8 Å². The number of aliphatic hydroxyl groups excluding tert-OH is 1. The fraction of sp³-hybridized carbons (Fsp3) is 0.333. The van der Waals surface area contributed by atoms with E-state index < -0.39 is 23.7 Å². The summed E-state index contributed by atoms with van der Waals surface area (Å²) in [5, 5.41) is 11.7. The van der Waals surface area contributed by atoms with Crippen LogP contribution in [0, 0.1) is 13.8 Å². The summed E-state index contributed by atoms with van der Waals surface area (Å²) in [7, 11) is 1.27. The highest BCUT2D eigenvalue weighted by Crippen LogP contribution is 2.44. The number of Topliss-reactive ketones (excluding diaryl/α,β-unsaturated/α-hetero) is 1. The zero-order chi connectivity index (χ0) is 28.4. The number of ether oxygens (including phenoxy) is 2. The third-order valence-electron chi connectivity index (χ3n) is 6.65. The summed E-state index contributed by atoms with van der Waals surface area (Å²) in [5.41, 5.74) is 3.18. The molecule has 1 amide bonds. The van der Waals surface area contributed by atoms with Gasteiger partial charge in [0, 0.05) is 5.56 Å². The van der Waals surface area contributed by atoms with Gasteiger partial charge in [-0.15, -0.1) is 0 Å². The van der Waals surface area contributed by atoms with Crippen molar-refractivity contribution in [3.05, 3.63) is 80.9 Å². The molecule has 204 valence electrons. The maximum Gasteiger partial charge on any atom is 0.350 e. The van der Waals surface area contributed by atoms with Crippen LogP contribution in [0.4, 0.5) is 5.13 Å². The second-order valence-electron chi connectivity index (χ2n) is 9.72. The molecule has 1 aliphatic rings. The van der Waals surface area contributed by atoms with Crippen molar-refractivity contribution in [1.82, 2.24) is 4.98 Å². The molecule has 0 saturated carbocycles. The third kappa shape index (κ3) is 5.31. The van der Waals surface area contributed by atoms with Crippen LogP contribution in [0.5, 0.6) is 5.75 Å². The Morgan fingerprint density at radius 2 is 1.82 bits per heavy atom. The fourth-order valence-electron chi connectivity index (χ4n) is 4.53. The van der Waals surface area contributed by atoms with Crippen molar-refractivity contribution in [2.75, 3.05) is 18.6 Å². The summed E-state index contributed by atoms with van der Waals surface area (Å²) in [6.45, 7) is 10.2. The number of aryl methyl sites for hydroxylation is 2. The number of ketones is 1. The minimum absolute atomic E-state index is 0.0462. The lowest BCUT2D eigenvalue weighted by atomic mass is 9.92. The van der Waals surface area contributed by atoms with Crippen molar-refractivity contribution < 1.29 is 29.0 Å². The molecule has 9 heteroatoms. The smallest absolute Gasteiger partial charge is 0.350 e. The number of hydrogen-bond acceptors (Lipinski definition) is 8. The van der Waals surface area contributed by atoms with Crippen LogP contribution in [-0.2, 0) is 14.3 Å². The first-order valence-electron chi connectivity index (χ1n) is 12.8. The van der Waals surface area contributed by atoms with Gasteiger partial charge in [0.05, 0.1) is 31.0 Å². The van der Waals surface area contributed by atoms with Gasteiger partial charge in [-0.1, -0.05) is 56.4 Å². The average Bonchev–Trinajstić information content (AvgIpc) is 3.43. The molecule has 1 atom stereocenters. The topological polar surface area (TPSA) is 106 Å². The Morgan fingerprint density at radius 3 is 2.41 bits per heavy atom. The number of hydrogen-bond donors (Lipinski definition) is 1. The second kappa shape index (κ2) is 11.4. The highest BCUT2D eigenvalue weighted by molar-refractivity contribution is 7.17. The summed E-state index contributed by atoms with van der Waals surface area (Å²) < 4.78 is 10.6. The maximum atomic E-state index is 13.5. The van der Waals surface area contributed by atoms with Gasteiger partial charge < -0.3 is 14.6 Å². The lowest BCUT2D eigenvalue weighted by molar-refractivity contribution is -0.132. The van der Waals surface area contributed by atoms with Crippen LogP contribution in [0.3, 0.4) is 0 Å². The van der Waals surface area contributed by atoms with Gasteiger partial charge in [-0.3, -0.25) is 14.5 Å². The van der Waals surface area contributed by atoms with E-state index in [9.17, 15) is 19.5 Å².